The van der Waals surface area contributed by atoms with Gasteiger partial charge in [0.2, 0.25) is 5.91 Å². The van der Waals surface area contributed by atoms with Gasteiger partial charge < -0.3 is 30.2 Å². The van der Waals surface area contributed by atoms with Crippen molar-refractivity contribution in [2.24, 2.45) is 5.92 Å². The second-order valence-electron chi connectivity index (χ2n) is 12.6. The van der Waals surface area contributed by atoms with Gasteiger partial charge in [-0.05, 0) is 91.7 Å². The standard InChI is InChI=1S/C38H41N7O3/c1-24(2)34(44-38(47)48-4)37(46)45-20-10-16-33(45)36-41-23-32(43-36)27-18-17-26(30(21-27)29-14-8-5-11-25(29)3)12-6-7-13-28-22-40-35(42-28)31-15-9-19-39-31/h5,8,11,14,17-18,21-24,31,33-34,39H,9-10,15-16,19-20H2,1-4H3,(H,40,42)(H,41,43)(H,44,47)/t31?,33-,34-/m0/s1. The molecule has 246 valence electrons. The number of aryl methyl sites for hydroxylation is 1. The second-order valence-corrected chi connectivity index (χ2v) is 12.6. The molecule has 0 bridgehead atoms. The number of carbonyl (C=O) groups is 2. The van der Waals surface area contributed by atoms with Crippen molar-refractivity contribution in [2.75, 3.05) is 20.2 Å². The Morgan fingerprint density at radius 2 is 1.79 bits per heavy atom. The Balaban J connectivity index is 1.25. The van der Waals surface area contributed by atoms with Crippen molar-refractivity contribution in [2.45, 2.75) is 64.6 Å². The van der Waals surface area contributed by atoms with Gasteiger partial charge in [0, 0.05) is 17.7 Å². The minimum absolute atomic E-state index is 0.102. The van der Waals surface area contributed by atoms with E-state index in [-0.39, 0.29) is 23.9 Å². The summed E-state index contributed by atoms with van der Waals surface area (Å²) in [5.74, 6) is 13.8. The van der Waals surface area contributed by atoms with Crippen LogP contribution in [-0.2, 0) is 9.53 Å². The lowest BCUT2D eigenvalue weighted by atomic mass is 9.94. The van der Waals surface area contributed by atoms with Crippen LogP contribution >= 0.6 is 0 Å². The third-order valence-corrected chi connectivity index (χ3v) is 9.05. The second kappa shape index (κ2) is 14.6. The molecule has 6 rings (SSSR count). The molecule has 1 unspecified atom stereocenters. The van der Waals surface area contributed by atoms with Crippen LogP contribution in [0.3, 0.4) is 0 Å². The van der Waals surface area contributed by atoms with Crippen LogP contribution in [0.1, 0.15) is 80.1 Å². The van der Waals surface area contributed by atoms with E-state index >= 15 is 0 Å². The van der Waals surface area contributed by atoms with E-state index in [0.29, 0.717) is 6.54 Å². The smallest absolute Gasteiger partial charge is 0.407 e. The minimum Gasteiger partial charge on any atom is -0.453 e. The van der Waals surface area contributed by atoms with Gasteiger partial charge in [0.25, 0.3) is 0 Å². The molecule has 2 aliphatic rings. The molecule has 0 spiro atoms. The SMILES string of the molecule is COC(=O)N[C@H](C(=O)N1CCC[C@H]1c1ncc(-c2ccc(C#CC#Cc3cnc(C4CCCN4)[nH]3)c(-c3ccccc3C)c2)[nH]1)C(C)C. The number of alkyl carbamates (subject to hydrolysis) is 1. The lowest BCUT2D eigenvalue weighted by Gasteiger charge is -2.30. The molecule has 2 aromatic carbocycles. The van der Waals surface area contributed by atoms with Crippen molar-refractivity contribution in [3.05, 3.63) is 83.3 Å². The highest BCUT2D eigenvalue weighted by molar-refractivity contribution is 5.86. The fourth-order valence-electron chi connectivity index (χ4n) is 6.46. The number of likely N-dealkylation sites (tertiary alicyclic amines) is 1. The lowest BCUT2D eigenvalue weighted by molar-refractivity contribution is -0.135. The summed E-state index contributed by atoms with van der Waals surface area (Å²) in [7, 11) is 1.30. The van der Waals surface area contributed by atoms with Crippen LogP contribution in [0.15, 0.2) is 54.9 Å². The molecule has 2 aliphatic heterocycles. The highest BCUT2D eigenvalue weighted by Gasteiger charge is 2.37. The van der Waals surface area contributed by atoms with Crippen LogP contribution in [0.5, 0.6) is 0 Å². The summed E-state index contributed by atoms with van der Waals surface area (Å²) < 4.78 is 4.77. The molecular formula is C38H41N7O3. The number of hydrogen-bond donors (Lipinski definition) is 4. The number of ether oxygens (including phenoxy) is 1. The number of rotatable bonds is 7. The van der Waals surface area contributed by atoms with E-state index in [1.807, 2.05) is 49.2 Å². The van der Waals surface area contributed by atoms with Crippen molar-refractivity contribution in [1.29, 1.82) is 0 Å². The predicted octanol–water partition coefficient (Wildman–Crippen LogP) is 5.65. The van der Waals surface area contributed by atoms with Crippen molar-refractivity contribution in [3.63, 3.8) is 0 Å². The zero-order valence-electron chi connectivity index (χ0n) is 27.8. The van der Waals surface area contributed by atoms with Crippen LogP contribution in [0, 0.1) is 36.5 Å². The molecule has 2 amide bonds. The highest BCUT2D eigenvalue weighted by atomic mass is 16.5. The molecule has 4 heterocycles. The number of benzene rings is 2. The largest absolute Gasteiger partial charge is 0.453 e. The zero-order valence-corrected chi connectivity index (χ0v) is 27.8. The van der Waals surface area contributed by atoms with Crippen LogP contribution in [0.2, 0.25) is 0 Å². The average Bonchev–Trinajstić information content (AvgIpc) is 3.92. The molecular weight excluding hydrogens is 602 g/mol. The third-order valence-electron chi connectivity index (χ3n) is 9.05. The van der Waals surface area contributed by atoms with Gasteiger partial charge in [-0.15, -0.1) is 0 Å². The number of hydrogen-bond acceptors (Lipinski definition) is 6. The summed E-state index contributed by atoms with van der Waals surface area (Å²) in [4.78, 5) is 43.4. The number of H-pyrrole nitrogens is 2. The summed E-state index contributed by atoms with van der Waals surface area (Å²) in [6.45, 7) is 7.51. The molecule has 3 atom stereocenters. The number of nitrogens with one attached hydrogen (secondary N) is 4. The molecule has 4 aromatic rings. The van der Waals surface area contributed by atoms with Crippen molar-refractivity contribution < 1.29 is 14.3 Å². The van der Waals surface area contributed by atoms with Crippen molar-refractivity contribution in [3.8, 4) is 46.1 Å². The number of methoxy groups -OCH3 is 1. The Bertz CT molecular complexity index is 1910. The maximum atomic E-state index is 13.6. The molecule has 0 aliphatic carbocycles. The maximum absolute atomic E-state index is 13.6. The van der Waals surface area contributed by atoms with Crippen LogP contribution in [0.25, 0.3) is 22.4 Å². The number of imidazole rings is 2. The van der Waals surface area contributed by atoms with E-state index in [4.69, 9.17) is 9.72 Å². The first-order valence-corrected chi connectivity index (χ1v) is 16.5. The number of aromatic amines is 2. The normalized spacial score (nSPS) is 17.7. The summed E-state index contributed by atoms with van der Waals surface area (Å²) in [5, 5.41) is 6.15. The molecule has 10 nitrogen and oxygen atoms in total. The van der Waals surface area contributed by atoms with E-state index in [2.05, 4.69) is 74.4 Å². The molecule has 2 fully saturated rings. The third kappa shape index (κ3) is 7.15. The number of nitrogens with zero attached hydrogens (tertiary/aromatic N) is 3. The summed E-state index contributed by atoms with van der Waals surface area (Å²) in [5.41, 5.74) is 6.64. The van der Waals surface area contributed by atoms with Gasteiger partial charge in [0.15, 0.2) is 0 Å². The minimum atomic E-state index is -0.686. The monoisotopic (exact) mass is 643 g/mol. The molecule has 4 N–H and O–H groups in total. The Morgan fingerprint density at radius 3 is 2.56 bits per heavy atom. The summed E-state index contributed by atoms with van der Waals surface area (Å²) >= 11 is 0. The van der Waals surface area contributed by atoms with Crippen LogP contribution in [0.4, 0.5) is 4.79 Å². The number of carbonyl (C=O) groups excluding carboxylic acids is 2. The van der Waals surface area contributed by atoms with Gasteiger partial charge in [0.05, 0.1) is 37.3 Å². The van der Waals surface area contributed by atoms with Crippen LogP contribution in [-0.4, -0.2) is 63.1 Å². The zero-order chi connectivity index (χ0) is 33.6. The summed E-state index contributed by atoms with van der Waals surface area (Å²) in [6.07, 6.45) is 6.82. The number of aromatic nitrogens is 4. The Morgan fingerprint density at radius 1 is 0.979 bits per heavy atom. The van der Waals surface area contributed by atoms with E-state index in [1.54, 1.807) is 6.20 Å². The average molecular weight is 644 g/mol. The molecule has 2 saturated heterocycles. The van der Waals surface area contributed by atoms with E-state index in [0.717, 1.165) is 83.1 Å². The summed E-state index contributed by atoms with van der Waals surface area (Å²) in [6, 6.07) is 13.8. The first-order valence-electron chi connectivity index (χ1n) is 16.5. The molecule has 48 heavy (non-hydrogen) atoms. The van der Waals surface area contributed by atoms with Gasteiger partial charge in [-0.3, -0.25) is 4.79 Å². The fourth-order valence-corrected chi connectivity index (χ4v) is 6.46. The van der Waals surface area contributed by atoms with Gasteiger partial charge in [0.1, 0.15) is 23.4 Å². The van der Waals surface area contributed by atoms with Gasteiger partial charge in [-0.25, -0.2) is 14.8 Å². The van der Waals surface area contributed by atoms with Gasteiger partial charge >= 0.3 is 6.09 Å². The fraction of sp³-hybridized carbons (Fsp3) is 0.368. The van der Waals surface area contributed by atoms with Crippen molar-refractivity contribution >= 4 is 12.0 Å². The molecule has 0 saturated carbocycles. The van der Waals surface area contributed by atoms with E-state index < -0.39 is 12.1 Å². The quantitative estimate of drug-likeness (QED) is 0.193. The molecule has 10 heteroatoms. The van der Waals surface area contributed by atoms with Crippen molar-refractivity contribution in [1.82, 2.24) is 35.5 Å². The number of amides is 2. The van der Waals surface area contributed by atoms with Gasteiger partial charge in [-0.1, -0.05) is 50.1 Å². The Hall–Kier alpha value is -5.32. The van der Waals surface area contributed by atoms with Gasteiger partial charge in [-0.2, -0.15) is 0 Å². The predicted molar refractivity (Wildman–Crippen MR) is 184 cm³/mol. The Kier molecular flexibility index (Phi) is 9.94. The van der Waals surface area contributed by atoms with E-state index in [9.17, 15) is 9.59 Å². The first kappa shape index (κ1) is 32.6. The van der Waals surface area contributed by atoms with E-state index in [1.165, 1.54) is 7.11 Å². The molecule has 0 radical (unpaired) electrons. The molecule has 2 aromatic heterocycles. The lowest BCUT2D eigenvalue weighted by Crippen LogP contribution is -2.51. The van der Waals surface area contributed by atoms with Crippen LogP contribution < -0.4 is 10.6 Å². The Labute approximate surface area is 281 Å². The first-order chi connectivity index (χ1) is 23.3. The highest BCUT2D eigenvalue weighted by Crippen LogP contribution is 2.35. The maximum Gasteiger partial charge on any atom is 0.407 e. The topological polar surface area (TPSA) is 128 Å².